The van der Waals surface area contributed by atoms with Crippen molar-refractivity contribution in [2.75, 3.05) is 13.7 Å². The molecule has 1 saturated carbocycles. The number of benzene rings is 1. The molecule has 0 heterocycles. The van der Waals surface area contributed by atoms with Crippen LogP contribution in [0.15, 0.2) is 24.3 Å². The first kappa shape index (κ1) is 15.5. The molecule has 2 atom stereocenters. The van der Waals surface area contributed by atoms with Crippen molar-refractivity contribution in [1.29, 1.82) is 0 Å². The molecule has 1 aliphatic carbocycles. The van der Waals surface area contributed by atoms with E-state index in [2.05, 4.69) is 5.32 Å². The number of hydrogen-bond acceptors (Lipinski definition) is 3. The Morgan fingerprint density at radius 2 is 2.10 bits per heavy atom. The lowest BCUT2D eigenvalue weighted by Crippen LogP contribution is -2.33. The molecule has 1 aliphatic rings. The fourth-order valence-corrected chi connectivity index (χ4v) is 2.95. The Balaban J connectivity index is 1.97. The lowest BCUT2D eigenvalue weighted by Gasteiger charge is -2.17. The summed E-state index contributed by atoms with van der Waals surface area (Å²) in [5.41, 5.74) is 1.42. The second-order valence-corrected chi connectivity index (χ2v) is 5.44. The molecule has 5 heteroatoms. The molecule has 0 saturated heterocycles. The molecule has 1 aromatic rings. The fraction of sp³-hybridized carbons (Fsp3) is 0.500. The number of amides is 1. The molecule has 1 fully saturated rings. The highest BCUT2D eigenvalue weighted by Crippen LogP contribution is 2.31. The van der Waals surface area contributed by atoms with Gasteiger partial charge in [-0.25, -0.2) is 0 Å². The van der Waals surface area contributed by atoms with Crippen LogP contribution in [0.2, 0.25) is 0 Å². The van der Waals surface area contributed by atoms with Crippen LogP contribution in [0, 0.1) is 11.8 Å². The van der Waals surface area contributed by atoms with E-state index < -0.39 is 5.97 Å². The molecular formula is C16H21NO4. The molecule has 0 aromatic heterocycles. The summed E-state index contributed by atoms with van der Waals surface area (Å²) in [5, 5.41) is 12.0. The highest BCUT2D eigenvalue weighted by Gasteiger charge is 2.32. The number of rotatable bonds is 6. The number of carbonyl (C=O) groups is 2. The van der Waals surface area contributed by atoms with E-state index in [0.717, 1.165) is 18.4 Å². The number of carboxylic acid groups (broad SMARTS) is 1. The lowest BCUT2D eigenvalue weighted by atomic mass is 9.96. The van der Waals surface area contributed by atoms with Crippen molar-refractivity contribution < 1.29 is 19.4 Å². The summed E-state index contributed by atoms with van der Waals surface area (Å²) in [6.45, 7) is 0.794. The first-order valence-corrected chi connectivity index (χ1v) is 7.21. The maximum Gasteiger partial charge on any atom is 0.306 e. The van der Waals surface area contributed by atoms with Gasteiger partial charge in [0.25, 0.3) is 5.91 Å². The van der Waals surface area contributed by atoms with Gasteiger partial charge in [-0.15, -0.1) is 0 Å². The van der Waals surface area contributed by atoms with E-state index in [0.29, 0.717) is 25.1 Å². The second-order valence-electron chi connectivity index (χ2n) is 5.44. The maximum atomic E-state index is 12.3. The molecule has 0 radical (unpaired) electrons. The van der Waals surface area contributed by atoms with Crippen LogP contribution >= 0.6 is 0 Å². The van der Waals surface area contributed by atoms with Crippen molar-refractivity contribution in [3.8, 4) is 0 Å². The highest BCUT2D eigenvalue weighted by atomic mass is 16.5. The summed E-state index contributed by atoms with van der Waals surface area (Å²) >= 11 is 0. The number of ether oxygens (including phenoxy) is 1. The van der Waals surface area contributed by atoms with Crippen molar-refractivity contribution >= 4 is 11.9 Å². The van der Waals surface area contributed by atoms with Gasteiger partial charge in [-0.05, 0) is 30.4 Å². The highest BCUT2D eigenvalue weighted by molar-refractivity contribution is 5.95. The molecule has 21 heavy (non-hydrogen) atoms. The van der Waals surface area contributed by atoms with E-state index in [9.17, 15) is 9.59 Å². The lowest BCUT2D eigenvalue weighted by molar-refractivity contribution is -0.142. The van der Waals surface area contributed by atoms with E-state index in [-0.39, 0.29) is 17.7 Å². The number of carbonyl (C=O) groups excluding carboxylic acids is 1. The van der Waals surface area contributed by atoms with Crippen LogP contribution in [0.4, 0.5) is 0 Å². The van der Waals surface area contributed by atoms with Crippen molar-refractivity contribution in [2.24, 2.45) is 11.8 Å². The van der Waals surface area contributed by atoms with Crippen molar-refractivity contribution in [1.82, 2.24) is 5.32 Å². The van der Waals surface area contributed by atoms with Crippen molar-refractivity contribution in [2.45, 2.75) is 25.9 Å². The van der Waals surface area contributed by atoms with E-state index >= 15 is 0 Å². The fourth-order valence-electron chi connectivity index (χ4n) is 2.95. The zero-order valence-electron chi connectivity index (χ0n) is 12.2. The first-order valence-electron chi connectivity index (χ1n) is 7.21. The number of methoxy groups -OCH3 is 1. The Morgan fingerprint density at radius 3 is 2.81 bits per heavy atom. The number of carboxylic acids is 1. The number of aliphatic carboxylic acids is 1. The standard InChI is InChI=1S/C16H21NO4/c1-21-10-12-5-2-3-7-13(12)15(18)17-9-11-6-4-8-14(11)16(19)20/h2-3,5,7,11,14H,4,6,8-10H2,1H3,(H,17,18)(H,19,20). The predicted molar refractivity (Wildman–Crippen MR) is 78.0 cm³/mol. The van der Waals surface area contributed by atoms with Gasteiger partial charge in [-0.1, -0.05) is 24.6 Å². The van der Waals surface area contributed by atoms with Gasteiger partial charge in [0.15, 0.2) is 0 Å². The third kappa shape index (κ3) is 3.82. The predicted octanol–water partition coefficient (Wildman–Crippen LogP) is 2.06. The van der Waals surface area contributed by atoms with Gasteiger partial charge in [0.1, 0.15) is 0 Å². The monoisotopic (exact) mass is 291 g/mol. The molecule has 2 N–H and O–H groups in total. The second kappa shape index (κ2) is 7.22. The molecular weight excluding hydrogens is 270 g/mol. The Morgan fingerprint density at radius 1 is 1.33 bits per heavy atom. The average Bonchev–Trinajstić information content (AvgIpc) is 2.94. The number of hydrogen-bond donors (Lipinski definition) is 2. The third-order valence-corrected chi connectivity index (χ3v) is 4.06. The SMILES string of the molecule is COCc1ccccc1C(=O)NCC1CCCC1C(=O)O. The smallest absolute Gasteiger partial charge is 0.306 e. The zero-order valence-corrected chi connectivity index (χ0v) is 12.2. The normalized spacial score (nSPS) is 21.2. The van der Waals surface area contributed by atoms with Gasteiger partial charge in [0.2, 0.25) is 0 Å². The van der Waals surface area contributed by atoms with Gasteiger partial charge in [0, 0.05) is 19.2 Å². The van der Waals surface area contributed by atoms with Crippen LogP contribution in [0.25, 0.3) is 0 Å². The van der Waals surface area contributed by atoms with Gasteiger partial charge in [-0.3, -0.25) is 9.59 Å². The Hall–Kier alpha value is -1.88. The van der Waals surface area contributed by atoms with Crippen LogP contribution in [0.3, 0.4) is 0 Å². The first-order chi connectivity index (χ1) is 10.1. The Labute approximate surface area is 124 Å². The largest absolute Gasteiger partial charge is 0.481 e. The summed E-state index contributed by atoms with van der Waals surface area (Å²) < 4.78 is 5.09. The molecule has 5 nitrogen and oxygen atoms in total. The van der Waals surface area contributed by atoms with Gasteiger partial charge < -0.3 is 15.2 Å². The minimum absolute atomic E-state index is 0.0287. The van der Waals surface area contributed by atoms with E-state index in [1.54, 1.807) is 13.2 Å². The van der Waals surface area contributed by atoms with Crippen molar-refractivity contribution in [3.05, 3.63) is 35.4 Å². The Bertz CT molecular complexity index is 515. The van der Waals surface area contributed by atoms with Crippen LogP contribution in [0.5, 0.6) is 0 Å². The van der Waals surface area contributed by atoms with Gasteiger partial charge in [-0.2, -0.15) is 0 Å². The molecule has 0 bridgehead atoms. The summed E-state index contributed by atoms with van der Waals surface area (Å²) in [7, 11) is 1.59. The van der Waals surface area contributed by atoms with E-state index in [1.165, 1.54) is 0 Å². The number of nitrogens with one attached hydrogen (secondary N) is 1. The summed E-state index contributed by atoms with van der Waals surface area (Å²) in [5.74, 6) is -1.23. The molecule has 1 amide bonds. The van der Waals surface area contributed by atoms with Gasteiger partial charge in [0.05, 0.1) is 12.5 Å². The topological polar surface area (TPSA) is 75.6 Å². The summed E-state index contributed by atoms with van der Waals surface area (Å²) in [6.07, 6.45) is 2.48. The zero-order chi connectivity index (χ0) is 15.2. The molecule has 2 unspecified atom stereocenters. The molecule has 0 spiro atoms. The average molecular weight is 291 g/mol. The molecule has 0 aliphatic heterocycles. The summed E-state index contributed by atoms with van der Waals surface area (Å²) in [4.78, 5) is 23.4. The van der Waals surface area contributed by atoms with Gasteiger partial charge >= 0.3 is 5.97 Å². The van der Waals surface area contributed by atoms with Crippen molar-refractivity contribution in [3.63, 3.8) is 0 Å². The summed E-state index contributed by atoms with van der Waals surface area (Å²) in [6, 6.07) is 7.29. The maximum absolute atomic E-state index is 12.3. The molecule has 114 valence electrons. The minimum Gasteiger partial charge on any atom is -0.481 e. The van der Waals surface area contributed by atoms with Crippen LogP contribution in [0.1, 0.15) is 35.2 Å². The Kier molecular flexibility index (Phi) is 5.33. The van der Waals surface area contributed by atoms with Crippen LogP contribution < -0.4 is 5.32 Å². The van der Waals surface area contributed by atoms with E-state index in [1.807, 2.05) is 18.2 Å². The third-order valence-electron chi connectivity index (χ3n) is 4.06. The molecule has 2 rings (SSSR count). The van der Waals surface area contributed by atoms with Crippen LogP contribution in [-0.4, -0.2) is 30.6 Å². The quantitative estimate of drug-likeness (QED) is 0.841. The molecule has 1 aromatic carbocycles. The van der Waals surface area contributed by atoms with Crippen LogP contribution in [-0.2, 0) is 16.1 Å². The van der Waals surface area contributed by atoms with E-state index in [4.69, 9.17) is 9.84 Å². The minimum atomic E-state index is -0.758.